The van der Waals surface area contributed by atoms with Crippen molar-refractivity contribution in [2.75, 3.05) is 11.9 Å². The number of nitrogens with zero attached hydrogens (tertiary/aromatic N) is 3. The number of anilines is 1. The lowest BCUT2D eigenvalue weighted by Gasteiger charge is -2.29. The van der Waals surface area contributed by atoms with E-state index in [-0.39, 0.29) is 22.9 Å². The molecule has 0 aromatic carbocycles. The van der Waals surface area contributed by atoms with E-state index >= 15 is 0 Å². The van der Waals surface area contributed by atoms with E-state index in [2.05, 4.69) is 36.2 Å². The number of hydrogen-bond acceptors (Lipinski definition) is 6. The molecule has 2 aromatic heterocycles. The van der Waals surface area contributed by atoms with Crippen molar-refractivity contribution in [3.63, 3.8) is 0 Å². The van der Waals surface area contributed by atoms with Crippen LogP contribution in [0.15, 0.2) is 10.6 Å². The number of nitrogens with one attached hydrogen (secondary N) is 1. The highest BCUT2D eigenvalue weighted by Gasteiger charge is 2.27. The van der Waals surface area contributed by atoms with Gasteiger partial charge in [-0.05, 0) is 12.3 Å². The molecule has 7 nitrogen and oxygen atoms in total. The Balaban J connectivity index is 1.66. The molecule has 134 valence electrons. The third-order valence-electron chi connectivity index (χ3n) is 3.85. The van der Waals surface area contributed by atoms with E-state index < -0.39 is 0 Å². The molecule has 1 N–H and O–H groups in total. The first-order chi connectivity index (χ1) is 11.7. The summed E-state index contributed by atoms with van der Waals surface area (Å²) in [6, 6.07) is 1.58. The van der Waals surface area contributed by atoms with Crippen LogP contribution in [-0.2, 0) is 17.8 Å². The van der Waals surface area contributed by atoms with Crippen molar-refractivity contribution in [3.8, 4) is 0 Å². The van der Waals surface area contributed by atoms with Crippen LogP contribution < -0.4 is 5.32 Å². The summed E-state index contributed by atoms with van der Waals surface area (Å²) in [4.78, 5) is 31.9. The molecule has 0 radical (unpaired) electrons. The Morgan fingerprint density at radius 2 is 2.16 bits per heavy atom. The number of fused-ring (bicyclic) bond motifs is 1. The molecule has 1 aliphatic rings. The van der Waals surface area contributed by atoms with Gasteiger partial charge in [0.1, 0.15) is 5.76 Å². The van der Waals surface area contributed by atoms with Gasteiger partial charge in [-0.1, -0.05) is 37.3 Å². The normalized spacial score (nSPS) is 14.3. The van der Waals surface area contributed by atoms with Gasteiger partial charge in [-0.15, -0.1) is 0 Å². The van der Waals surface area contributed by atoms with Crippen molar-refractivity contribution >= 4 is 28.3 Å². The zero-order chi connectivity index (χ0) is 18.2. The zero-order valence-electron chi connectivity index (χ0n) is 14.9. The Hall–Kier alpha value is -2.22. The van der Waals surface area contributed by atoms with Crippen LogP contribution in [0.2, 0.25) is 0 Å². The van der Waals surface area contributed by atoms with Crippen LogP contribution in [0.4, 0.5) is 5.13 Å². The third kappa shape index (κ3) is 4.25. The van der Waals surface area contributed by atoms with Gasteiger partial charge in [0.25, 0.3) is 5.91 Å². The van der Waals surface area contributed by atoms with E-state index in [9.17, 15) is 9.59 Å². The zero-order valence-corrected chi connectivity index (χ0v) is 15.7. The fourth-order valence-corrected chi connectivity index (χ4v) is 3.68. The predicted molar refractivity (Wildman–Crippen MR) is 94.5 cm³/mol. The van der Waals surface area contributed by atoms with Crippen LogP contribution in [0.5, 0.6) is 0 Å². The Kier molecular flexibility index (Phi) is 4.64. The molecule has 2 aromatic rings. The first kappa shape index (κ1) is 17.6. The summed E-state index contributed by atoms with van der Waals surface area (Å²) >= 11 is 1.41. The summed E-state index contributed by atoms with van der Waals surface area (Å²) in [5.74, 6) is 0.399. The van der Waals surface area contributed by atoms with Crippen molar-refractivity contribution in [3.05, 3.63) is 28.1 Å². The maximum Gasteiger partial charge on any atom is 0.279 e. The van der Waals surface area contributed by atoms with Gasteiger partial charge >= 0.3 is 0 Å². The first-order valence-corrected chi connectivity index (χ1v) is 9.04. The van der Waals surface area contributed by atoms with Crippen molar-refractivity contribution in [2.45, 2.75) is 47.1 Å². The number of aromatic nitrogens is 2. The standard InChI is InChI=1S/C17H22N4O3S/c1-10-7-12(20-24-10)15(23)19-16-18-11-5-6-21(9-13(11)25-16)14(22)8-17(2,3)4/h7H,5-6,8-9H2,1-4H3,(H,18,19,23). The molecule has 0 saturated heterocycles. The Bertz CT molecular complexity index is 803. The van der Waals surface area contributed by atoms with Gasteiger partial charge in [0.2, 0.25) is 5.91 Å². The molecule has 8 heteroatoms. The van der Waals surface area contributed by atoms with Gasteiger partial charge in [0, 0.05) is 30.3 Å². The second-order valence-electron chi connectivity index (χ2n) is 7.47. The third-order valence-corrected chi connectivity index (χ3v) is 4.84. The molecule has 0 aliphatic carbocycles. The monoisotopic (exact) mass is 362 g/mol. The van der Waals surface area contributed by atoms with E-state index in [4.69, 9.17) is 4.52 Å². The van der Waals surface area contributed by atoms with Crippen LogP contribution in [0, 0.1) is 12.3 Å². The topological polar surface area (TPSA) is 88.3 Å². The maximum atomic E-state index is 12.4. The lowest BCUT2D eigenvalue weighted by Crippen LogP contribution is -2.37. The summed E-state index contributed by atoms with van der Waals surface area (Å²) in [5, 5.41) is 6.98. The number of amides is 2. The van der Waals surface area contributed by atoms with Gasteiger partial charge in [0.15, 0.2) is 10.8 Å². The minimum Gasteiger partial charge on any atom is -0.361 e. The molecule has 0 fully saturated rings. The smallest absolute Gasteiger partial charge is 0.279 e. The van der Waals surface area contributed by atoms with E-state index in [1.165, 1.54) is 11.3 Å². The number of thiazole rings is 1. The predicted octanol–water partition coefficient (Wildman–Crippen LogP) is 3.01. The number of aryl methyl sites for hydroxylation is 1. The van der Waals surface area contributed by atoms with Crippen LogP contribution >= 0.6 is 11.3 Å². The highest BCUT2D eigenvalue weighted by Crippen LogP contribution is 2.30. The molecule has 25 heavy (non-hydrogen) atoms. The largest absolute Gasteiger partial charge is 0.361 e. The minimum atomic E-state index is -0.344. The molecule has 0 saturated carbocycles. The lowest BCUT2D eigenvalue weighted by atomic mass is 9.91. The number of carbonyl (C=O) groups excluding carboxylic acids is 2. The van der Waals surface area contributed by atoms with E-state index in [1.54, 1.807) is 13.0 Å². The van der Waals surface area contributed by atoms with Gasteiger partial charge in [0.05, 0.1) is 12.2 Å². The van der Waals surface area contributed by atoms with Crippen molar-refractivity contribution in [2.24, 2.45) is 5.41 Å². The van der Waals surface area contributed by atoms with Crippen LogP contribution in [-0.4, -0.2) is 33.4 Å². The molecule has 0 atom stereocenters. The Labute approximate surface area is 150 Å². The molecular formula is C17H22N4O3S. The van der Waals surface area contributed by atoms with Crippen LogP contribution in [0.3, 0.4) is 0 Å². The highest BCUT2D eigenvalue weighted by atomic mass is 32.1. The van der Waals surface area contributed by atoms with Gasteiger partial charge in [-0.3, -0.25) is 14.9 Å². The Morgan fingerprint density at radius 1 is 1.40 bits per heavy atom. The van der Waals surface area contributed by atoms with Crippen LogP contribution in [0.25, 0.3) is 0 Å². The van der Waals surface area contributed by atoms with Gasteiger partial charge in [-0.2, -0.15) is 0 Å². The molecule has 3 rings (SSSR count). The van der Waals surface area contributed by atoms with Gasteiger partial charge in [-0.25, -0.2) is 4.98 Å². The second kappa shape index (κ2) is 6.59. The summed E-state index contributed by atoms with van der Waals surface area (Å²) in [5.41, 5.74) is 1.16. The average Bonchev–Trinajstić information content (AvgIpc) is 3.10. The first-order valence-electron chi connectivity index (χ1n) is 8.22. The molecular weight excluding hydrogens is 340 g/mol. The SMILES string of the molecule is Cc1cc(C(=O)Nc2nc3c(s2)CN(C(=O)CC(C)(C)C)CC3)no1. The maximum absolute atomic E-state index is 12.4. The number of rotatable bonds is 3. The lowest BCUT2D eigenvalue weighted by molar-refractivity contribution is -0.133. The summed E-state index contributed by atoms with van der Waals surface area (Å²) in [6.45, 7) is 9.14. The molecule has 3 heterocycles. The number of carbonyl (C=O) groups is 2. The highest BCUT2D eigenvalue weighted by molar-refractivity contribution is 7.15. The number of hydrogen-bond donors (Lipinski definition) is 1. The van der Waals surface area contributed by atoms with Gasteiger partial charge < -0.3 is 9.42 Å². The van der Waals surface area contributed by atoms with Crippen molar-refractivity contribution in [1.82, 2.24) is 15.0 Å². The summed E-state index contributed by atoms with van der Waals surface area (Å²) < 4.78 is 4.91. The van der Waals surface area contributed by atoms with Crippen molar-refractivity contribution < 1.29 is 14.1 Å². The van der Waals surface area contributed by atoms with E-state index in [0.29, 0.717) is 36.8 Å². The van der Waals surface area contributed by atoms with Crippen LogP contribution in [0.1, 0.15) is 54.0 Å². The molecule has 0 unspecified atom stereocenters. The van der Waals surface area contributed by atoms with Crippen molar-refractivity contribution in [1.29, 1.82) is 0 Å². The molecule has 1 aliphatic heterocycles. The molecule has 0 bridgehead atoms. The van der Waals surface area contributed by atoms with E-state index in [1.807, 2.05) is 4.90 Å². The second-order valence-corrected chi connectivity index (χ2v) is 8.55. The quantitative estimate of drug-likeness (QED) is 0.907. The molecule has 2 amide bonds. The van der Waals surface area contributed by atoms with E-state index in [0.717, 1.165) is 10.6 Å². The fourth-order valence-electron chi connectivity index (χ4n) is 2.66. The Morgan fingerprint density at radius 3 is 2.80 bits per heavy atom. The molecule has 0 spiro atoms. The summed E-state index contributed by atoms with van der Waals surface area (Å²) in [7, 11) is 0. The minimum absolute atomic E-state index is 0.0279. The fraction of sp³-hybridized carbons (Fsp3) is 0.529. The average molecular weight is 362 g/mol. The summed E-state index contributed by atoms with van der Waals surface area (Å²) in [6.07, 6.45) is 1.23.